The molecular formula is C16H26N2O3. The summed E-state index contributed by atoms with van der Waals surface area (Å²) in [7, 11) is 3.57. The summed E-state index contributed by atoms with van der Waals surface area (Å²) in [6.45, 7) is 5.07. The molecule has 2 unspecified atom stereocenters. The van der Waals surface area contributed by atoms with Gasteiger partial charge in [0.2, 0.25) is 0 Å². The molecule has 0 saturated carbocycles. The van der Waals surface area contributed by atoms with Crippen LogP contribution < -0.4 is 15.4 Å². The van der Waals surface area contributed by atoms with E-state index in [0.717, 1.165) is 6.42 Å². The minimum absolute atomic E-state index is 0.112. The van der Waals surface area contributed by atoms with Crippen LogP contribution in [-0.4, -0.2) is 39.3 Å². The number of methoxy groups -OCH3 is 1. The van der Waals surface area contributed by atoms with E-state index in [-0.39, 0.29) is 5.91 Å². The monoisotopic (exact) mass is 294 g/mol. The van der Waals surface area contributed by atoms with Crippen molar-refractivity contribution in [1.29, 1.82) is 0 Å². The van der Waals surface area contributed by atoms with E-state index in [9.17, 15) is 4.79 Å². The highest BCUT2D eigenvalue weighted by Gasteiger charge is 2.14. The number of carbonyl (C=O) groups is 1. The van der Waals surface area contributed by atoms with Gasteiger partial charge in [0.25, 0.3) is 5.91 Å². The van der Waals surface area contributed by atoms with Crippen LogP contribution in [0.3, 0.4) is 0 Å². The van der Waals surface area contributed by atoms with E-state index in [1.54, 1.807) is 14.0 Å². The van der Waals surface area contributed by atoms with Gasteiger partial charge in [-0.05, 0) is 45.0 Å². The molecule has 5 heteroatoms. The first-order valence-corrected chi connectivity index (χ1v) is 7.29. The topological polar surface area (TPSA) is 59.6 Å². The van der Waals surface area contributed by atoms with Crippen molar-refractivity contribution in [3.8, 4) is 5.75 Å². The molecule has 0 aliphatic rings. The van der Waals surface area contributed by atoms with Gasteiger partial charge in [0.1, 0.15) is 5.75 Å². The van der Waals surface area contributed by atoms with E-state index in [4.69, 9.17) is 9.47 Å². The number of benzene rings is 1. The van der Waals surface area contributed by atoms with Gasteiger partial charge in [0.05, 0.1) is 0 Å². The van der Waals surface area contributed by atoms with E-state index in [2.05, 4.69) is 17.6 Å². The molecule has 0 aliphatic heterocycles. The predicted octanol–water partition coefficient (Wildman–Crippen LogP) is 1.89. The first kappa shape index (κ1) is 17.5. The van der Waals surface area contributed by atoms with Crippen LogP contribution in [-0.2, 0) is 9.53 Å². The molecule has 0 saturated heterocycles. The molecule has 0 aromatic heterocycles. The maximum absolute atomic E-state index is 11.8. The highest BCUT2D eigenvalue weighted by atomic mass is 16.5. The fourth-order valence-corrected chi connectivity index (χ4v) is 1.83. The van der Waals surface area contributed by atoms with Crippen molar-refractivity contribution in [2.24, 2.45) is 0 Å². The van der Waals surface area contributed by atoms with Gasteiger partial charge in [-0.25, -0.2) is 0 Å². The highest BCUT2D eigenvalue weighted by Crippen LogP contribution is 2.18. The van der Waals surface area contributed by atoms with Crippen LogP contribution in [0.1, 0.15) is 31.9 Å². The number of amides is 1. The van der Waals surface area contributed by atoms with Crippen LogP contribution in [0.4, 0.5) is 0 Å². The summed E-state index contributed by atoms with van der Waals surface area (Å²) in [6.07, 6.45) is 0.283. The molecule has 118 valence electrons. The second-order valence-corrected chi connectivity index (χ2v) is 4.98. The number of hydrogen-bond donors (Lipinski definition) is 2. The molecule has 0 aliphatic carbocycles. The molecule has 0 heterocycles. The lowest BCUT2D eigenvalue weighted by molar-refractivity contribution is -0.127. The predicted molar refractivity (Wildman–Crippen MR) is 83.5 cm³/mol. The third-order valence-corrected chi connectivity index (χ3v) is 3.32. The zero-order valence-electron chi connectivity index (χ0n) is 13.3. The lowest BCUT2D eigenvalue weighted by atomic mass is 10.1. The van der Waals surface area contributed by atoms with E-state index in [1.807, 2.05) is 31.3 Å². The zero-order valence-corrected chi connectivity index (χ0v) is 13.3. The van der Waals surface area contributed by atoms with Crippen LogP contribution in [0, 0.1) is 0 Å². The Morgan fingerprint density at radius 3 is 2.48 bits per heavy atom. The molecule has 1 amide bonds. The smallest absolute Gasteiger partial charge is 0.260 e. The second-order valence-electron chi connectivity index (χ2n) is 4.98. The Morgan fingerprint density at radius 2 is 1.90 bits per heavy atom. The van der Waals surface area contributed by atoms with Crippen LogP contribution in [0.15, 0.2) is 24.3 Å². The molecule has 1 aromatic rings. The van der Waals surface area contributed by atoms with Crippen molar-refractivity contribution in [2.75, 3.05) is 27.3 Å². The number of ether oxygens (including phenoxy) is 2. The fraction of sp³-hybridized carbons (Fsp3) is 0.562. The van der Waals surface area contributed by atoms with Crippen molar-refractivity contribution in [1.82, 2.24) is 10.6 Å². The molecule has 2 N–H and O–H groups in total. The van der Waals surface area contributed by atoms with Crippen molar-refractivity contribution >= 4 is 5.91 Å². The average molecular weight is 294 g/mol. The molecule has 0 bridgehead atoms. The Balaban J connectivity index is 2.43. The van der Waals surface area contributed by atoms with E-state index in [1.165, 1.54) is 5.56 Å². The molecule has 5 nitrogen and oxygen atoms in total. The first-order valence-electron chi connectivity index (χ1n) is 7.29. The zero-order chi connectivity index (χ0) is 15.7. The third-order valence-electron chi connectivity index (χ3n) is 3.32. The Hall–Kier alpha value is -1.59. The lowest BCUT2D eigenvalue weighted by Crippen LogP contribution is -2.37. The maximum Gasteiger partial charge on any atom is 0.260 e. The van der Waals surface area contributed by atoms with Gasteiger partial charge in [0, 0.05) is 26.3 Å². The normalized spacial score (nSPS) is 13.5. The molecular weight excluding hydrogens is 268 g/mol. The number of nitrogens with one attached hydrogen (secondary N) is 2. The summed E-state index contributed by atoms with van der Waals surface area (Å²) in [5.74, 6) is 0.584. The van der Waals surface area contributed by atoms with E-state index < -0.39 is 6.10 Å². The van der Waals surface area contributed by atoms with Gasteiger partial charge in [-0.1, -0.05) is 12.1 Å². The van der Waals surface area contributed by atoms with Crippen LogP contribution >= 0.6 is 0 Å². The van der Waals surface area contributed by atoms with Gasteiger partial charge < -0.3 is 20.1 Å². The van der Waals surface area contributed by atoms with Gasteiger partial charge >= 0.3 is 0 Å². The SMILES string of the molecule is CNC(C)c1ccc(OC(C)C(=O)NCCCOC)cc1. The Bertz CT molecular complexity index is 420. The van der Waals surface area contributed by atoms with Gasteiger partial charge in [-0.2, -0.15) is 0 Å². The van der Waals surface area contributed by atoms with Crippen molar-refractivity contribution in [3.05, 3.63) is 29.8 Å². The standard InChI is InChI=1S/C16H26N2O3/c1-12(17-3)14-6-8-15(9-7-14)21-13(2)16(19)18-10-5-11-20-4/h6-9,12-13,17H,5,10-11H2,1-4H3,(H,18,19). The summed E-state index contributed by atoms with van der Waals surface area (Å²) in [5, 5.41) is 6.00. The molecule has 0 fully saturated rings. The molecule has 1 rings (SSSR count). The number of carbonyl (C=O) groups excluding carboxylic acids is 1. The average Bonchev–Trinajstić information content (AvgIpc) is 2.51. The third kappa shape index (κ3) is 6.14. The van der Waals surface area contributed by atoms with Crippen molar-refractivity contribution < 1.29 is 14.3 Å². The van der Waals surface area contributed by atoms with E-state index in [0.29, 0.717) is 24.9 Å². The quantitative estimate of drug-likeness (QED) is 0.683. The Morgan fingerprint density at radius 1 is 1.24 bits per heavy atom. The summed E-state index contributed by atoms with van der Waals surface area (Å²) in [5.41, 5.74) is 1.18. The molecule has 2 atom stereocenters. The first-order chi connectivity index (χ1) is 10.1. The molecule has 0 spiro atoms. The van der Waals surface area contributed by atoms with Crippen molar-refractivity contribution in [2.45, 2.75) is 32.4 Å². The summed E-state index contributed by atoms with van der Waals surface area (Å²) in [6, 6.07) is 8.07. The minimum Gasteiger partial charge on any atom is -0.481 e. The fourth-order valence-electron chi connectivity index (χ4n) is 1.83. The van der Waals surface area contributed by atoms with Gasteiger partial charge in [-0.15, -0.1) is 0 Å². The second kappa shape index (κ2) is 9.37. The largest absolute Gasteiger partial charge is 0.481 e. The maximum atomic E-state index is 11.8. The van der Waals surface area contributed by atoms with Gasteiger partial charge in [-0.3, -0.25) is 4.79 Å². The highest BCUT2D eigenvalue weighted by molar-refractivity contribution is 5.80. The van der Waals surface area contributed by atoms with Crippen LogP contribution in [0.5, 0.6) is 5.75 Å². The Labute approximate surface area is 127 Å². The lowest BCUT2D eigenvalue weighted by Gasteiger charge is -2.16. The van der Waals surface area contributed by atoms with E-state index >= 15 is 0 Å². The summed E-state index contributed by atoms with van der Waals surface area (Å²) >= 11 is 0. The van der Waals surface area contributed by atoms with Gasteiger partial charge in [0.15, 0.2) is 6.10 Å². The molecule has 0 radical (unpaired) electrons. The molecule has 21 heavy (non-hydrogen) atoms. The summed E-state index contributed by atoms with van der Waals surface area (Å²) in [4.78, 5) is 11.8. The number of rotatable bonds is 9. The van der Waals surface area contributed by atoms with Crippen LogP contribution in [0.25, 0.3) is 0 Å². The summed E-state index contributed by atoms with van der Waals surface area (Å²) < 4.78 is 10.6. The Kier molecular flexibility index (Phi) is 7.79. The molecule has 1 aromatic carbocycles. The minimum atomic E-state index is -0.514. The number of hydrogen-bond acceptors (Lipinski definition) is 4. The van der Waals surface area contributed by atoms with Crippen LogP contribution in [0.2, 0.25) is 0 Å². The van der Waals surface area contributed by atoms with Crippen molar-refractivity contribution in [3.63, 3.8) is 0 Å².